The predicted molar refractivity (Wildman–Crippen MR) is 59.5 cm³/mol. The van der Waals surface area contributed by atoms with E-state index in [2.05, 4.69) is 26.1 Å². The Morgan fingerprint density at radius 1 is 1.36 bits per heavy atom. The third-order valence-electron chi connectivity index (χ3n) is 2.21. The summed E-state index contributed by atoms with van der Waals surface area (Å²) in [6.45, 7) is 10.1. The van der Waals surface area contributed by atoms with Crippen LogP contribution >= 0.6 is 0 Å². The molecule has 0 saturated carbocycles. The van der Waals surface area contributed by atoms with Crippen molar-refractivity contribution in [3.05, 3.63) is 0 Å². The number of aliphatic hydroxyl groups is 1. The van der Waals surface area contributed by atoms with E-state index in [0.29, 0.717) is 19.8 Å². The molecule has 0 fully saturated rings. The van der Waals surface area contributed by atoms with Gasteiger partial charge in [-0.15, -0.1) is 0 Å². The number of aliphatic hydroxyl groups excluding tert-OH is 1. The van der Waals surface area contributed by atoms with Crippen molar-refractivity contribution < 1.29 is 9.84 Å². The van der Waals surface area contributed by atoms with E-state index in [-0.39, 0.29) is 5.54 Å². The molecule has 0 amide bonds. The second-order valence-corrected chi connectivity index (χ2v) is 4.33. The summed E-state index contributed by atoms with van der Waals surface area (Å²) in [6, 6.07) is 0. The summed E-state index contributed by atoms with van der Waals surface area (Å²) in [7, 11) is 0. The summed E-state index contributed by atoms with van der Waals surface area (Å²) >= 11 is 0. The summed E-state index contributed by atoms with van der Waals surface area (Å²) in [5.74, 6) is 0. The molecule has 0 bridgehead atoms. The van der Waals surface area contributed by atoms with Gasteiger partial charge in [-0.25, -0.2) is 0 Å². The molecule has 86 valence electrons. The van der Waals surface area contributed by atoms with Gasteiger partial charge in [-0.05, 0) is 27.2 Å². The van der Waals surface area contributed by atoms with Gasteiger partial charge in [0, 0.05) is 18.7 Å². The zero-order valence-corrected chi connectivity index (χ0v) is 9.97. The molecule has 0 spiro atoms. The van der Waals surface area contributed by atoms with Crippen molar-refractivity contribution in [2.24, 2.45) is 0 Å². The SMILES string of the molecule is CCCC(C)(C)NCC(O)COCC. The summed E-state index contributed by atoms with van der Waals surface area (Å²) in [6.07, 6.45) is 1.88. The zero-order chi connectivity index (χ0) is 11.0. The van der Waals surface area contributed by atoms with Crippen molar-refractivity contribution in [3.8, 4) is 0 Å². The molecule has 1 unspecified atom stereocenters. The fraction of sp³-hybridized carbons (Fsp3) is 1.00. The minimum absolute atomic E-state index is 0.113. The molecule has 2 N–H and O–H groups in total. The largest absolute Gasteiger partial charge is 0.389 e. The molecule has 0 radical (unpaired) electrons. The third kappa shape index (κ3) is 7.30. The maximum absolute atomic E-state index is 9.52. The Labute approximate surface area is 87.8 Å². The molecule has 1 atom stereocenters. The zero-order valence-electron chi connectivity index (χ0n) is 9.97. The number of ether oxygens (including phenoxy) is 1. The quantitative estimate of drug-likeness (QED) is 0.629. The van der Waals surface area contributed by atoms with Crippen molar-refractivity contribution in [2.75, 3.05) is 19.8 Å². The van der Waals surface area contributed by atoms with Gasteiger partial charge in [0.1, 0.15) is 0 Å². The van der Waals surface area contributed by atoms with Crippen LogP contribution in [-0.2, 0) is 4.74 Å². The second-order valence-electron chi connectivity index (χ2n) is 4.33. The summed E-state index contributed by atoms with van der Waals surface area (Å²) < 4.78 is 5.13. The van der Waals surface area contributed by atoms with Gasteiger partial charge in [0.15, 0.2) is 0 Å². The molecule has 3 heteroatoms. The lowest BCUT2D eigenvalue weighted by molar-refractivity contribution is 0.0388. The molecular formula is C11H25NO2. The topological polar surface area (TPSA) is 41.5 Å². The average molecular weight is 203 g/mol. The lowest BCUT2D eigenvalue weighted by atomic mass is 9.99. The number of rotatable bonds is 8. The average Bonchev–Trinajstić information content (AvgIpc) is 2.11. The first kappa shape index (κ1) is 13.9. The van der Waals surface area contributed by atoms with E-state index >= 15 is 0 Å². The second kappa shape index (κ2) is 7.21. The summed E-state index contributed by atoms with van der Waals surface area (Å²) in [4.78, 5) is 0. The highest BCUT2D eigenvalue weighted by atomic mass is 16.5. The van der Waals surface area contributed by atoms with E-state index in [9.17, 15) is 5.11 Å². The first-order valence-electron chi connectivity index (χ1n) is 5.52. The highest BCUT2D eigenvalue weighted by Gasteiger charge is 2.16. The van der Waals surface area contributed by atoms with Crippen molar-refractivity contribution >= 4 is 0 Å². The maximum Gasteiger partial charge on any atom is 0.0897 e. The van der Waals surface area contributed by atoms with Crippen molar-refractivity contribution in [1.82, 2.24) is 5.32 Å². The highest BCUT2D eigenvalue weighted by molar-refractivity contribution is 4.77. The van der Waals surface area contributed by atoms with Crippen molar-refractivity contribution in [2.45, 2.75) is 52.2 Å². The van der Waals surface area contributed by atoms with Crippen LogP contribution in [0.3, 0.4) is 0 Å². The molecule has 0 aromatic carbocycles. The van der Waals surface area contributed by atoms with Gasteiger partial charge in [0.05, 0.1) is 12.7 Å². The fourth-order valence-electron chi connectivity index (χ4n) is 1.42. The lowest BCUT2D eigenvalue weighted by Crippen LogP contribution is -2.44. The van der Waals surface area contributed by atoms with Crippen LogP contribution in [0.1, 0.15) is 40.5 Å². The van der Waals surface area contributed by atoms with E-state index < -0.39 is 6.10 Å². The van der Waals surface area contributed by atoms with Gasteiger partial charge in [0.2, 0.25) is 0 Å². The fourth-order valence-corrected chi connectivity index (χ4v) is 1.42. The Balaban J connectivity index is 3.58. The van der Waals surface area contributed by atoms with Crippen LogP contribution in [0.2, 0.25) is 0 Å². The Bertz CT molecular complexity index is 137. The molecule has 0 aromatic heterocycles. The monoisotopic (exact) mass is 203 g/mol. The Morgan fingerprint density at radius 3 is 2.50 bits per heavy atom. The van der Waals surface area contributed by atoms with Gasteiger partial charge in [-0.1, -0.05) is 13.3 Å². The van der Waals surface area contributed by atoms with Crippen LogP contribution in [0, 0.1) is 0 Å². The minimum atomic E-state index is -0.397. The van der Waals surface area contributed by atoms with Gasteiger partial charge in [-0.3, -0.25) is 0 Å². The van der Waals surface area contributed by atoms with Gasteiger partial charge in [-0.2, -0.15) is 0 Å². The standard InChI is InChI=1S/C11H25NO2/c1-5-7-11(3,4)12-8-10(13)9-14-6-2/h10,12-13H,5-9H2,1-4H3. The molecule has 0 rings (SSSR count). The first-order chi connectivity index (χ1) is 6.52. The number of β-amino-alcohol motifs (C(OH)–C–C–N with tert-alkyl or cyclic N) is 1. The molecule has 0 heterocycles. The Kier molecular flexibility index (Phi) is 7.15. The Hall–Kier alpha value is -0.120. The number of nitrogens with one attached hydrogen (secondary N) is 1. The molecule has 14 heavy (non-hydrogen) atoms. The number of hydrogen-bond acceptors (Lipinski definition) is 3. The normalized spacial score (nSPS) is 14.4. The highest BCUT2D eigenvalue weighted by Crippen LogP contribution is 2.10. The molecule has 0 aromatic rings. The molecule has 0 aliphatic heterocycles. The molecular weight excluding hydrogens is 178 g/mol. The number of hydrogen-bond donors (Lipinski definition) is 2. The van der Waals surface area contributed by atoms with E-state index in [0.717, 1.165) is 12.8 Å². The van der Waals surface area contributed by atoms with Crippen LogP contribution in [0.4, 0.5) is 0 Å². The van der Waals surface area contributed by atoms with E-state index in [1.807, 2.05) is 6.92 Å². The van der Waals surface area contributed by atoms with E-state index in [1.165, 1.54) is 0 Å². The van der Waals surface area contributed by atoms with E-state index in [1.54, 1.807) is 0 Å². The molecule has 0 saturated heterocycles. The van der Waals surface area contributed by atoms with Crippen molar-refractivity contribution in [3.63, 3.8) is 0 Å². The maximum atomic E-state index is 9.52. The molecule has 0 aliphatic rings. The van der Waals surface area contributed by atoms with Gasteiger partial charge in [0.25, 0.3) is 0 Å². The van der Waals surface area contributed by atoms with Crippen LogP contribution < -0.4 is 5.32 Å². The van der Waals surface area contributed by atoms with E-state index in [4.69, 9.17) is 4.74 Å². The van der Waals surface area contributed by atoms with Crippen LogP contribution in [0.25, 0.3) is 0 Å². The lowest BCUT2D eigenvalue weighted by Gasteiger charge is -2.27. The predicted octanol–water partition coefficient (Wildman–Crippen LogP) is 1.55. The van der Waals surface area contributed by atoms with Gasteiger partial charge < -0.3 is 15.2 Å². The molecule has 0 aliphatic carbocycles. The van der Waals surface area contributed by atoms with Crippen LogP contribution in [0.15, 0.2) is 0 Å². The van der Waals surface area contributed by atoms with Crippen LogP contribution in [-0.4, -0.2) is 36.5 Å². The Morgan fingerprint density at radius 2 is 2.00 bits per heavy atom. The van der Waals surface area contributed by atoms with Crippen LogP contribution in [0.5, 0.6) is 0 Å². The third-order valence-corrected chi connectivity index (χ3v) is 2.21. The van der Waals surface area contributed by atoms with Gasteiger partial charge >= 0.3 is 0 Å². The summed E-state index contributed by atoms with van der Waals surface area (Å²) in [5, 5.41) is 12.9. The molecule has 3 nitrogen and oxygen atoms in total. The first-order valence-corrected chi connectivity index (χ1v) is 5.52. The van der Waals surface area contributed by atoms with Crippen molar-refractivity contribution in [1.29, 1.82) is 0 Å². The smallest absolute Gasteiger partial charge is 0.0897 e. The minimum Gasteiger partial charge on any atom is -0.389 e. The summed E-state index contributed by atoms with van der Waals surface area (Å²) in [5.41, 5.74) is 0.113.